The highest BCUT2D eigenvalue weighted by Crippen LogP contribution is 2.24. The van der Waals surface area contributed by atoms with Crippen molar-refractivity contribution in [2.45, 2.75) is 0 Å². The fraction of sp³-hybridized carbons (Fsp3) is 0. The molecule has 2 nitrogen and oxygen atoms in total. The van der Waals surface area contributed by atoms with Crippen molar-refractivity contribution in [2.75, 3.05) is 5.73 Å². The van der Waals surface area contributed by atoms with Crippen molar-refractivity contribution in [3.63, 3.8) is 0 Å². The molecule has 78 valence electrons. The van der Waals surface area contributed by atoms with Crippen LogP contribution in [0, 0.1) is 17.1 Å². The first-order valence-electron chi connectivity index (χ1n) is 4.76. The number of hydrogen-bond donors (Lipinski definition) is 1. The largest absolute Gasteiger partial charge is 0.399 e. The molecule has 2 aromatic rings. The van der Waals surface area contributed by atoms with E-state index in [2.05, 4.69) is 0 Å². The van der Waals surface area contributed by atoms with Crippen molar-refractivity contribution in [3.8, 4) is 17.2 Å². The zero-order valence-corrected chi connectivity index (χ0v) is 8.44. The molecule has 0 atom stereocenters. The highest BCUT2D eigenvalue weighted by Gasteiger charge is 2.05. The fourth-order valence-corrected chi connectivity index (χ4v) is 1.52. The summed E-state index contributed by atoms with van der Waals surface area (Å²) in [6.45, 7) is 0. The van der Waals surface area contributed by atoms with Gasteiger partial charge in [0.2, 0.25) is 0 Å². The Balaban J connectivity index is 2.55. The molecule has 2 N–H and O–H groups in total. The molecule has 0 aliphatic heterocycles. The SMILES string of the molecule is N#Cc1cccc(-c2ccc(N)cc2F)c1. The van der Waals surface area contributed by atoms with Crippen LogP contribution in [0.1, 0.15) is 5.56 Å². The van der Waals surface area contributed by atoms with Crippen molar-refractivity contribution in [3.05, 3.63) is 53.8 Å². The Morgan fingerprint density at radius 1 is 1.12 bits per heavy atom. The Morgan fingerprint density at radius 3 is 2.62 bits per heavy atom. The van der Waals surface area contributed by atoms with Crippen LogP contribution in [-0.2, 0) is 0 Å². The topological polar surface area (TPSA) is 49.8 Å². The summed E-state index contributed by atoms with van der Waals surface area (Å²) < 4.78 is 13.6. The molecule has 0 radical (unpaired) electrons. The van der Waals surface area contributed by atoms with E-state index in [0.717, 1.165) is 0 Å². The maximum absolute atomic E-state index is 13.6. The number of anilines is 1. The van der Waals surface area contributed by atoms with E-state index in [1.54, 1.807) is 36.4 Å². The minimum atomic E-state index is -0.380. The lowest BCUT2D eigenvalue weighted by Crippen LogP contribution is -1.89. The predicted octanol–water partition coefficient (Wildman–Crippen LogP) is 2.95. The lowest BCUT2D eigenvalue weighted by atomic mass is 10.0. The Morgan fingerprint density at radius 2 is 1.94 bits per heavy atom. The molecule has 0 bridgehead atoms. The van der Waals surface area contributed by atoms with Gasteiger partial charge in [-0.3, -0.25) is 0 Å². The fourth-order valence-electron chi connectivity index (χ4n) is 1.52. The van der Waals surface area contributed by atoms with E-state index in [-0.39, 0.29) is 5.82 Å². The average molecular weight is 212 g/mol. The van der Waals surface area contributed by atoms with Crippen LogP contribution in [0.25, 0.3) is 11.1 Å². The number of hydrogen-bond acceptors (Lipinski definition) is 2. The molecule has 2 rings (SSSR count). The van der Waals surface area contributed by atoms with Gasteiger partial charge in [0, 0.05) is 11.3 Å². The van der Waals surface area contributed by atoms with E-state index in [1.165, 1.54) is 6.07 Å². The lowest BCUT2D eigenvalue weighted by Gasteiger charge is -2.04. The number of nitrogens with zero attached hydrogens (tertiary/aromatic N) is 1. The third-order valence-electron chi connectivity index (χ3n) is 2.30. The van der Waals surface area contributed by atoms with Gasteiger partial charge >= 0.3 is 0 Å². The zero-order chi connectivity index (χ0) is 11.5. The van der Waals surface area contributed by atoms with Crippen molar-refractivity contribution in [1.29, 1.82) is 5.26 Å². The molecule has 0 saturated carbocycles. The summed E-state index contributed by atoms with van der Waals surface area (Å²) in [4.78, 5) is 0. The quantitative estimate of drug-likeness (QED) is 0.739. The summed E-state index contributed by atoms with van der Waals surface area (Å²) in [5.74, 6) is -0.380. The van der Waals surface area contributed by atoms with Crippen LogP contribution in [-0.4, -0.2) is 0 Å². The maximum Gasteiger partial charge on any atom is 0.133 e. The van der Waals surface area contributed by atoms with Gasteiger partial charge in [0.15, 0.2) is 0 Å². The van der Waals surface area contributed by atoms with Crippen LogP contribution >= 0.6 is 0 Å². The first-order valence-corrected chi connectivity index (χ1v) is 4.76. The van der Waals surface area contributed by atoms with Gasteiger partial charge in [-0.2, -0.15) is 5.26 Å². The minimum absolute atomic E-state index is 0.380. The molecule has 0 saturated heterocycles. The van der Waals surface area contributed by atoms with Crippen molar-refractivity contribution >= 4 is 5.69 Å². The van der Waals surface area contributed by atoms with E-state index < -0.39 is 0 Å². The standard InChI is InChI=1S/C13H9FN2/c14-13-7-11(16)4-5-12(13)10-3-1-2-9(6-10)8-15/h1-7H,16H2. The van der Waals surface area contributed by atoms with Gasteiger partial charge in [0.25, 0.3) is 0 Å². The minimum Gasteiger partial charge on any atom is -0.399 e. The van der Waals surface area contributed by atoms with E-state index in [1.807, 2.05) is 6.07 Å². The lowest BCUT2D eigenvalue weighted by molar-refractivity contribution is 0.632. The number of rotatable bonds is 1. The molecule has 2 aromatic carbocycles. The molecule has 0 heterocycles. The molecular weight excluding hydrogens is 203 g/mol. The summed E-state index contributed by atoms with van der Waals surface area (Å²) in [7, 11) is 0. The van der Waals surface area contributed by atoms with Gasteiger partial charge in [0.05, 0.1) is 11.6 Å². The first kappa shape index (κ1) is 10.2. The third-order valence-corrected chi connectivity index (χ3v) is 2.30. The van der Waals surface area contributed by atoms with E-state index in [0.29, 0.717) is 22.4 Å². The smallest absolute Gasteiger partial charge is 0.133 e. The molecule has 0 amide bonds. The zero-order valence-electron chi connectivity index (χ0n) is 8.44. The highest BCUT2D eigenvalue weighted by molar-refractivity contribution is 5.67. The monoisotopic (exact) mass is 212 g/mol. The highest BCUT2D eigenvalue weighted by atomic mass is 19.1. The summed E-state index contributed by atoms with van der Waals surface area (Å²) in [6, 6.07) is 13.4. The number of nitrogens with two attached hydrogens (primary N) is 1. The number of nitriles is 1. The first-order chi connectivity index (χ1) is 7.70. The van der Waals surface area contributed by atoms with Crippen LogP contribution in [0.3, 0.4) is 0 Å². The Kier molecular flexibility index (Phi) is 2.57. The second-order valence-corrected chi connectivity index (χ2v) is 3.43. The second kappa shape index (κ2) is 4.03. The average Bonchev–Trinajstić information content (AvgIpc) is 2.29. The van der Waals surface area contributed by atoms with Crippen molar-refractivity contribution in [1.82, 2.24) is 0 Å². The van der Waals surface area contributed by atoms with Crippen LogP contribution in [0.15, 0.2) is 42.5 Å². The second-order valence-electron chi connectivity index (χ2n) is 3.43. The summed E-state index contributed by atoms with van der Waals surface area (Å²) in [6.07, 6.45) is 0. The molecule has 16 heavy (non-hydrogen) atoms. The molecule has 0 aliphatic carbocycles. The van der Waals surface area contributed by atoms with Crippen molar-refractivity contribution in [2.24, 2.45) is 0 Å². The van der Waals surface area contributed by atoms with Gasteiger partial charge in [-0.15, -0.1) is 0 Å². The molecule has 0 aromatic heterocycles. The molecular formula is C13H9FN2. The summed E-state index contributed by atoms with van der Waals surface area (Å²) >= 11 is 0. The van der Waals surface area contributed by atoms with Crippen LogP contribution in [0.4, 0.5) is 10.1 Å². The van der Waals surface area contributed by atoms with E-state index in [9.17, 15) is 4.39 Å². The molecule has 0 spiro atoms. The van der Waals surface area contributed by atoms with Crippen LogP contribution in [0.2, 0.25) is 0 Å². The van der Waals surface area contributed by atoms with Gasteiger partial charge in [-0.1, -0.05) is 12.1 Å². The number of nitrogen functional groups attached to an aromatic ring is 1. The van der Waals surface area contributed by atoms with Crippen molar-refractivity contribution < 1.29 is 4.39 Å². The van der Waals surface area contributed by atoms with E-state index in [4.69, 9.17) is 11.0 Å². The molecule has 0 unspecified atom stereocenters. The Labute approximate surface area is 92.8 Å². The Hall–Kier alpha value is -2.34. The van der Waals surface area contributed by atoms with Gasteiger partial charge in [0.1, 0.15) is 5.82 Å². The summed E-state index contributed by atoms with van der Waals surface area (Å²) in [5.41, 5.74) is 7.49. The maximum atomic E-state index is 13.6. The summed E-state index contributed by atoms with van der Waals surface area (Å²) in [5, 5.41) is 8.76. The van der Waals surface area contributed by atoms with E-state index >= 15 is 0 Å². The Bertz CT molecular complexity index is 570. The number of halogens is 1. The third kappa shape index (κ3) is 1.86. The molecule has 0 fully saturated rings. The predicted molar refractivity (Wildman–Crippen MR) is 61.0 cm³/mol. The molecule has 0 aliphatic rings. The van der Waals surface area contributed by atoms with Gasteiger partial charge < -0.3 is 5.73 Å². The van der Waals surface area contributed by atoms with Gasteiger partial charge in [-0.05, 0) is 35.9 Å². The number of benzene rings is 2. The van der Waals surface area contributed by atoms with Crippen LogP contribution in [0.5, 0.6) is 0 Å². The normalized spacial score (nSPS) is 9.75. The van der Waals surface area contributed by atoms with Crippen LogP contribution < -0.4 is 5.73 Å². The van der Waals surface area contributed by atoms with Gasteiger partial charge in [-0.25, -0.2) is 4.39 Å². The molecule has 3 heteroatoms.